The molecule has 0 aliphatic rings. The van der Waals surface area contributed by atoms with Crippen LogP contribution in [0.2, 0.25) is 0 Å². The highest BCUT2D eigenvalue weighted by molar-refractivity contribution is 8.00. The first-order chi connectivity index (χ1) is 27.0. The second-order valence-electron chi connectivity index (χ2n) is 12.2. The van der Waals surface area contributed by atoms with Crippen molar-refractivity contribution in [3.8, 4) is 0 Å². The molecule has 59 heavy (non-hydrogen) atoms. The second kappa shape index (κ2) is 18.0. The predicted octanol–water partition coefficient (Wildman–Crippen LogP) is 5.80. The molecule has 24 heteroatoms. The summed E-state index contributed by atoms with van der Waals surface area (Å²) in [7, 11) is -6.93. The molecule has 0 aliphatic carbocycles. The van der Waals surface area contributed by atoms with Gasteiger partial charge in [0, 0.05) is 11.9 Å². The topological polar surface area (TPSA) is 196 Å². The van der Waals surface area contributed by atoms with Crippen molar-refractivity contribution in [3.05, 3.63) is 102 Å². The van der Waals surface area contributed by atoms with Gasteiger partial charge in [-0.15, -0.1) is 11.8 Å². The van der Waals surface area contributed by atoms with Crippen LogP contribution in [0.3, 0.4) is 0 Å². The number of hydrogen-bond donors (Lipinski definition) is 5. The van der Waals surface area contributed by atoms with Crippen LogP contribution in [0.5, 0.6) is 0 Å². The van der Waals surface area contributed by atoms with Crippen molar-refractivity contribution in [1.82, 2.24) is 5.32 Å². The molecule has 4 aromatic rings. The van der Waals surface area contributed by atoms with Crippen LogP contribution < -0.4 is 16.0 Å². The van der Waals surface area contributed by atoms with Gasteiger partial charge in [-0.3, -0.25) is 14.4 Å². The number of nitrogens with one attached hydrogen (secondary N) is 3. The van der Waals surface area contributed by atoms with Gasteiger partial charge in [0.1, 0.15) is 17.5 Å². The number of carbonyl (C=O) groups is 3. The molecule has 2 atom stereocenters. The summed E-state index contributed by atoms with van der Waals surface area (Å²) in [5.74, 6) is -7.30. The molecule has 0 saturated carbocycles. The maximum Gasteiger partial charge on any atom is 0.426 e. The molecule has 0 heterocycles. The number of alkyl halides is 6. The quantitative estimate of drug-likeness (QED) is 0.0698. The minimum Gasteiger partial charge on any atom is -0.373 e. The van der Waals surface area contributed by atoms with E-state index in [0.29, 0.717) is 17.0 Å². The van der Waals surface area contributed by atoms with Gasteiger partial charge >= 0.3 is 12.4 Å². The third-order valence-electron chi connectivity index (χ3n) is 7.89. The fourth-order valence-electron chi connectivity index (χ4n) is 4.10. The lowest BCUT2D eigenvalue weighted by Gasteiger charge is -2.25. The van der Waals surface area contributed by atoms with Crippen molar-refractivity contribution >= 4 is 60.5 Å². The Labute approximate surface area is 333 Å². The maximum absolute atomic E-state index is 14.3. The lowest BCUT2D eigenvalue weighted by molar-refractivity contribution is -0.243. The monoisotopic (exact) mass is 903 g/mol. The molecule has 4 rings (SSSR count). The SMILES string of the molecule is CC(O)(C(=O)Nc1ccc(S(=O)(=O)c2ccc(F)cc2)cc1F)C(F)(F)F.CNC(=O)CSc1ccc(S(=O)(=O)c2ccc(NC(=O)[C@@](C)(O)C(F)(F)F)c(F)c2)cc1. The standard InChI is InChI=1S/C19H18F4N2O5S2.C16H12F5NO4S/c1-18(28,19(21,22)23)17(27)25-15-8-7-13(9-14(15)20)32(29,30)12-5-3-11(4-6-12)31-10-16(26)24-2;1-15(24,16(19,20)21)14(23)22-13-7-6-11(8-12(13)18)27(25,26)10-4-2-9(17)3-5-10/h3-9,28H,10H2,1-2H3,(H,24,26)(H,25,27);2-8,24H,1H3,(H,22,23)/t18-;/m1./s1. The number of thioether (sulfide) groups is 1. The Morgan fingerprint density at radius 1 is 0.593 bits per heavy atom. The lowest BCUT2D eigenvalue weighted by Crippen LogP contribution is -2.52. The van der Waals surface area contributed by atoms with E-state index in [1.807, 2.05) is 0 Å². The number of hydrogen-bond acceptors (Lipinski definition) is 10. The van der Waals surface area contributed by atoms with Crippen molar-refractivity contribution in [2.75, 3.05) is 23.4 Å². The van der Waals surface area contributed by atoms with E-state index in [9.17, 15) is 80.9 Å². The molecule has 5 N–H and O–H groups in total. The number of rotatable bonds is 11. The van der Waals surface area contributed by atoms with E-state index in [1.54, 1.807) is 10.6 Å². The second-order valence-corrected chi connectivity index (χ2v) is 17.2. The summed E-state index contributed by atoms with van der Waals surface area (Å²) < 4.78 is 168. The van der Waals surface area contributed by atoms with Crippen molar-refractivity contribution in [1.29, 1.82) is 0 Å². The normalized spacial score (nSPS) is 14.1. The van der Waals surface area contributed by atoms with Crippen molar-refractivity contribution in [3.63, 3.8) is 0 Å². The maximum atomic E-state index is 14.3. The largest absolute Gasteiger partial charge is 0.426 e. The Morgan fingerprint density at radius 2 is 0.932 bits per heavy atom. The molecule has 1 unspecified atom stereocenters. The van der Waals surface area contributed by atoms with Crippen LogP contribution in [-0.2, 0) is 34.1 Å². The average Bonchev–Trinajstić information content (AvgIpc) is 3.14. The number of anilines is 2. The molecule has 4 aromatic carbocycles. The van der Waals surface area contributed by atoms with Gasteiger partial charge in [-0.25, -0.2) is 30.0 Å². The van der Waals surface area contributed by atoms with Crippen LogP contribution in [0.15, 0.2) is 109 Å². The molecule has 320 valence electrons. The predicted molar refractivity (Wildman–Crippen MR) is 192 cm³/mol. The molecule has 3 amide bonds. The third-order valence-corrected chi connectivity index (χ3v) is 12.4. The van der Waals surface area contributed by atoms with Gasteiger partial charge in [0.15, 0.2) is 0 Å². The zero-order valence-electron chi connectivity index (χ0n) is 30.2. The third kappa shape index (κ3) is 11.3. The lowest BCUT2D eigenvalue weighted by atomic mass is 10.1. The number of sulfone groups is 2. The van der Waals surface area contributed by atoms with Crippen LogP contribution in [0, 0.1) is 17.5 Å². The van der Waals surface area contributed by atoms with Crippen LogP contribution in [0.4, 0.5) is 50.9 Å². The van der Waals surface area contributed by atoms with E-state index in [4.69, 9.17) is 0 Å². The average molecular weight is 904 g/mol. The van der Waals surface area contributed by atoms with Crippen LogP contribution in [0.25, 0.3) is 0 Å². The van der Waals surface area contributed by atoms with Gasteiger partial charge in [-0.1, -0.05) is 0 Å². The molecular weight excluding hydrogens is 874 g/mol. The summed E-state index contributed by atoms with van der Waals surface area (Å²) in [6, 6.07) is 13.4. The minimum atomic E-state index is -5.31. The van der Waals surface area contributed by atoms with Gasteiger partial charge in [0.2, 0.25) is 36.8 Å². The fourth-order valence-corrected chi connectivity index (χ4v) is 7.41. The summed E-state index contributed by atoms with van der Waals surface area (Å²) in [5, 5.41) is 24.2. The molecular formula is C35H30F9N3O9S3. The summed E-state index contributed by atoms with van der Waals surface area (Å²) >= 11 is 1.17. The van der Waals surface area contributed by atoms with Gasteiger partial charge < -0.3 is 26.2 Å². The van der Waals surface area contributed by atoms with E-state index in [1.165, 1.54) is 43.1 Å². The molecule has 0 fully saturated rings. The first kappa shape index (κ1) is 48.2. The van der Waals surface area contributed by atoms with Crippen LogP contribution in [-0.4, -0.2) is 81.1 Å². The molecule has 0 aliphatic heterocycles. The molecule has 12 nitrogen and oxygen atoms in total. The van der Waals surface area contributed by atoms with Crippen molar-refractivity contribution in [2.24, 2.45) is 0 Å². The Balaban J connectivity index is 0.000000320. The summed E-state index contributed by atoms with van der Waals surface area (Å²) in [4.78, 5) is 33.6. The number of amides is 3. The highest BCUT2D eigenvalue weighted by Crippen LogP contribution is 2.34. The Hall–Kier alpha value is -5.17. The summed E-state index contributed by atoms with van der Waals surface area (Å²) in [6.07, 6.45) is -10.6. The van der Waals surface area contributed by atoms with Crippen LogP contribution >= 0.6 is 11.8 Å². The molecule has 0 spiro atoms. The molecule has 0 radical (unpaired) electrons. The smallest absolute Gasteiger partial charge is 0.373 e. The number of carbonyl (C=O) groups excluding carboxylic acids is 3. The highest BCUT2D eigenvalue weighted by Gasteiger charge is 2.56. The van der Waals surface area contributed by atoms with E-state index < -0.39 is 93.7 Å². The van der Waals surface area contributed by atoms with Crippen LogP contribution in [0.1, 0.15) is 13.8 Å². The van der Waals surface area contributed by atoms with Gasteiger partial charge in [-0.05, 0) is 98.8 Å². The van der Waals surface area contributed by atoms with Gasteiger partial charge in [0.25, 0.3) is 11.8 Å². The van der Waals surface area contributed by atoms with E-state index in [0.717, 1.165) is 48.5 Å². The molecule has 0 aromatic heterocycles. The Bertz CT molecular complexity index is 2430. The van der Waals surface area contributed by atoms with E-state index >= 15 is 0 Å². The Morgan fingerprint density at radius 3 is 1.25 bits per heavy atom. The van der Waals surface area contributed by atoms with Gasteiger partial charge in [-0.2, -0.15) is 26.3 Å². The minimum absolute atomic E-state index is 0.127. The van der Waals surface area contributed by atoms with Gasteiger partial charge in [0.05, 0.1) is 36.7 Å². The molecule has 0 bridgehead atoms. The number of halogens is 9. The zero-order chi connectivity index (χ0) is 44.9. The Kier molecular flexibility index (Phi) is 14.7. The summed E-state index contributed by atoms with van der Waals surface area (Å²) in [5.41, 5.74) is -9.05. The summed E-state index contributed by atoms with van der Waals surface area (Å²) in [6.45, 7) is 0.392. The van der Waals surface area contributed by atoms with Crippen molar-refractivity contribution in [2.45, 2.75) is 61.9 Å². The van der Waals surface area contributed by atoms with E-state index in [2.05, 4.69) is 5.32 Å². The number of benzene rings is 4. The molecule has 0 saturated heterocycles. The number of aliphatic hydroxyl groups is 2. The zero-order valence-corrected chi connectivity index (χ0v) is 32.6. The first-order valence-corrected chi connectivity index (χ1v) is 19.9. The first-order valence-electron chi connectivity index (χ1n) is 16.0. The fraction of sp³-hybridized carbons (Fsp3) is 0.229. The van der Waals surface area contributed by atoms with E-state index in [-0.39, 0.29) is 35.3 Å². The van der Waals surface area contributed by atoms with Crippen molar-refractivity contribution < 1.29 is 80.9 Å². The highest BCUT2D eigenvalue weighted by atomic mass is 32.2.